The molecule has 2 rings (SSSR count). The monoisotopic (exact) mass is 291 g/mol. The van der Waals surface area contributed by atoms with Crippen LogP contribution in [0.2, 0.25) is 0 Å². The highest BCUT2D eigenvalue weighted by Crippen LogP contribution is 2.40. The molecule has 1 N–H and O–H groups in total. The standard InChI is InChI=1S/C15H21N3O3/c1-16-14(11-6-7-18(2)17-11)10-8-12(19-3)15(21-5)13(9-10)20-4/h6-9,14,16H,1-5H3. The highest BCUT2D eigenvalue weighted by atomic mass is 16.5. The lowest BCUT2D eigenvalue weighted by Crippen LogP contribution is -2.18. The van der Waals surface area contributed by atoms with E-state index >= 15 is 0 Å². The summed E-state index contributed by atoms with van der Waals surface area (Å²) in [5, 5.41) is 7.71. The minimum Gasteiger partial charge on any atom is -0.493 e. The average molecular weight is 291 g/mol. The van der Waals surface area contributed by atoms with Crippen LogP contribution in [0.15, 0.2) is 24.4 Å². The van der Waals surface area contributed by atoms with Crippen molar-refractivity contribution in [2.24, 2.45) is 7.05 Å². The molecule has 1 atom stereocenters. The van der Waals surface area contributed by atoms with Crippen LogP contribution in [0.4, 0.5) is 0 Å². The van der Waals surface area contributed by atoms with Crippen molar-refractivity contribution in [2.45, 2.75) is 6.04 Å². The molecule has 0 aliphatic heterocycles. The molecular formula is C15H21N3O3. The lowest BCUT2D eigenvalue weighted by Gasteiger charge is -2.19. The van der Waals surface area contributed by atoms with E-state index in [1.165, 1.54) is 0 Å². The van der Waals surface area contributed by atoms with Crippen molar-refractivity contribution >= 4 is 0 Å². The fraction of sp³-hybridized carbons (Fsp3) is 0.400. The third-order valence-electron chi connectivity index (χ3n) is 3.34. The van der Waals surface area contributed by atoms with Crippen LogP contribution in [0, 0.1) is 0 Å². The quantitative estimate of drug-likeness (QED) is 0.879. The Hall–Kier alpha value is -2.21. The number of nitrogens with one attached hydrogen (secondary N) is 1. The van der Waals surface area contributed by atoms with E-state index in [1.54, 1.807) is 26.0 Å². The molecule has 1 aromatic heterocycles. The van der Waals surface area contributed by atoms with Gasteiger partial charge in [-0.1, -0.05) is 0 Å². The van der Waals surface area contributed by atoms with Gasteiger partial charge in [-0.25, -0.2) is 0 Å². The van der Waals surface area contributed by atoms with Crippen LogP contribution >= 0.6 is 0 Å². The van der Waals surface area contributed by atoms with Gasteiger partial charge in [-0.15, -0.1) is 0 Å². The normalized spacial score (nSPS) is 12.0. The van der Waals surface area contributed by atoms with Gasteiger partial charge in [-0.2, -0.15) is 5.10 Å². The molecular weight excluding hydrogens is 270 g/mol. The molecule has 0 amide bonds. The van der Waals surface area contributed by atoms with Crippen molar-refractivity contribution in [3.63, 3.8) is 0 Å². The Balaban J connectivity index is 2.51. The summed E-state index contributed by atoms with van der Waals surface area (Å²) in [5.41, 5.74) is 1.92. The Kier molecular flexibility index (Phi) is 4.70. The first-order valence-electron chi connectivity index (χ1n) is 6.61. The van der Waals surface area contributed by atoms with Gasteiger partial charge in [0.1, 0.15) is 0 Å². The number of aryl methyl sites for hydroxylation is 1. The highest BCUT2D eigenvalue weighted by Gasteiger charge is 2.20. The first-order valence-corrected chi connectivity index (χ1v) is 6.61. The second kappa shape index (κ2) is 6.49. The third kappa shape index (κ3) is 2.95. The van der Waals surface area contributed by atoms with Crippen LogP contribution in [-0.4, -0.2) is 38.2 Å². The summed E-state index contributed by atoms with van der Waals surface area (Å²) in [4.78, 5) is 0. The van der Waals surface area contributed by atoms with Crippen molar-refractivity contribution in [1.82, 2.24) is 15.1 Å². The molecule has 6 heteroatoms. The summed E-state index contributed by atoms with van der Waals surface area (Å²) in [7, 11) is 8.59. The van der Waals surface area contributed by atoms with Gasteiger partial charge in [-0.3, -0.25) is 4.68 Å². The SMILES string of the molecule is CNC(c1cc(OC)c(OC)c(OC)c1)c1ccn(C)n1. The molecule has 0 bridgehead atoms. The first kappa shape index (κ1) is 15.2. The number of benzene rings is 1. The van der Waals surface area contributed by atoms with Gasteiger partial charge in [0.2, 0.25) is 5.75 Å². The summed E-state index contributed by atoms with van der Waals surface area (Å²) in [6.07, 6.45) is 1.91. The van der Waals surface area contributed by atoms with E-state index in [1.807, 2.05) is 38.5 Å². The second-order valence-electron chi connectivity index (χ2n) is 4.59. The minimum absolute atomic E-state index is 0.0556. The maximum Gasteiger partial charge on any atom is 0.203 e. The molecule has 21 heavy (non-hydrogen) atoms. The van der Waals surface area contributed by atoms with Crippen molar-refractivity contribution in [1.29, 1.82) is 0 Å². The van der Waals surface area contributed by atoms with Crippen LogP contribution in [0.5, 0.6) is 17.2 Å². The van der Waals surface area contributed by atoms with E-state index in [0.717, 1.165) is 11.3 Å². The highest BCUT2D eigenvalue weighted by molar-refractivity contribution is 5.55. The van der Waals surface area contributed by atoms with Crippen LogP contribution in [0.3, 0.4) is 0 Å². The van der Waals surface area contributed by atoms with Crippen LogP contribution in [-0.2, 0) is 7.05 Å². The van der Waals surface area contributed by atoms with Gasteiger partial charge in [-0.05, 0) is 30.8 Å². The lowest BCUT2D eigenvalue weighted by atomic mass is 10.0. The van der Waals surface area contributed by atoms with E-state index in [2.05, 4.69) is 10.4 Å². The number of hydrogen-bond acceptors (Lipinski definition) is 5. The van der Waals surface area contributed by atoms with Crippen molar-refractivity contribution in [3.8, 4) is 17.2 Å². The third-order valence-corrected chi connectivity index (χ3v) is 3.34. The molecule has 1 heterocycles. The van der Waals surface area contributed by atoms with Crippen LogP contribution in [0.1, 0.15) is 17.3 Å². The molecule has 0 aliphatic rings. The number of rotatable bonds is 6. The summed E-state index contributed by atoms with van der Waals surface area (Å²) in [6, 6.07) is 5.78. The number of ether oxygens (including phenoxy) is 3. The topological polar surface area (TPSA) is 57.5 Å². The molecule has 0 aliphatic carbocycles. The van der Waals surface area contributed by atoms with Crippen molar-refractivity contribution < 1.29 is 14.2 Å². The Morgan fingerprint density at radius 3 is 2.10 bits per heavy atom. The maximum atomic E-state index is 5.40. The van der Waals surface area contributed by atoms with Crippen LogP contribution in [0.25, 0.3) is 0 Å². The van der Waals surface area contributed by atoms with E-state index in [4.69, 9.17) is 14.2 Å². The van der Waals surface area contributed by atoms with Crippen molar-refractivity contribution in [3.05, 3.63) is 35.7 Å². The second-order valence-corrected chi connectivity index (χ2v) is 4.59. The fourth-order valence-electron chi connectivity index (χ4n) is 2.34. The molecule has 1 unspecified atom stereocenters. The summed E-state index contributed by atoms with van der Waals surface area (Å²) in [5.74, 6) is 1.84. The zero-order valence-electron chi connectivity index (χ0n) is 13.0. The van der Waals surface area contributed by atoms with E-state index in [0.29, 0.717) is 17.2 Å². The average Bonchev–Trinajstić information content (AvgIpc) is 2.93. The molecule has 0 spiro atoms. The largest absolute Gasteiger partial charge is 0.493 e. The summed E-state index contributed by atoms with van der Waals surface area (Å²) in [6.45, 7) is 0. The number of methoxy groups -OCH3 is 3. The number of nitrogens with zero attached hydrogens (tertiary/aromatic N) is 2. The van der Waals surface area contributed by atoms with Gasteiger partial charge in [0.25, 0.3) is 0 Å². The molecule has 0 radical (unpaired) electrons. The predicted molar refractivity (Wildman–Crippen MR) is 80.2 cm³/mol. The summed E-state index contributed by atoms with van der Waals surface area (Å²) < 4.78 is 17.9. The fourth-order valence-corrected chi connectivity index (χ4v) is 2.34. The van der Waals surface area contributed by atoms with E-state index in [9.17, 15) is 0 Å². The zero-order chi connectivity index (χ0) is 15.4. The molecule has 0 saturated carbocycles. The summed E-state index contributed by atoms with van der Waals surface area (Å²) >= 11 is 0. The molecule has 114 valence electrons. The van der Waals surface area contributed by atoms with Gasteiger partial charge in [0, 0.05) is 13.2 Å². The van der Waals surface area contributed by atoms with Crippen LogP contribution < -0.4 is 19.5 Å². The lowest BCUT2D eigenvalue weighted by molar-refractivity contribution is 0.323. The smallest absolute Gasteiger partial charge is 0.203 e. The van der Waals surface area contributed by atoms with E-state index in [-0.39, 0.29) is 6.04 Å². The molecule has 0 saturated heterocycles. The first-order chi connectivity index (χ1) is 10.1. The molecule has 0 fully saturated rings. The van der Waals surface area contributed by atoms with Gasteiger partial charge < -0.3 is 19.5 Å². The number of hydrogen-bond donors (Lipinski definition) is 1. The maximum absolute atomic E-state index is 5.40. The Morgan fingerprint density at radius 2 is 1.71 bits per heavy atom. The number of aromatic nitrogens is 2. The minimum atomic E-state index is -0.0556. The predicted octanol–water partition coefficient (Wildman–Crippen LogP) is 1.75. The molecule has 2 aromatic rings. The molecule has 1 aromatic carbocycles. The molecule has 6 nitrogen and oxygen atoms in total. The Labute approximate surface area is 124 Å². The van der Waals surface area contributed by atoms with Crippen molar-refractivity contribution in [2.75, 3.05) is 28.4 Å². The Bertz CT molecular complexity index is 585. The van der Waals surface area contributed by atoms with E-state index < -0.39 is 0 Å². The Morgan fingerprint density at radius 1 is 1.10 bits per heavy atom. The van der Waals surface area contributed by atoms with Gasteiger partial charge in [0.05, 0.1) is 33.1 Å². The zero-order valence-corrected chi connectivity index (χ0v) is 13.0. The van der Waals surface area contributed by atoms with Gasteiger partial charge >= 0.3 is 0 Å². The van der Waals surface area contributed by atoms with Gasteiger partial charge in [0.15, 0.2) is 11.5 Å².